The molecule has 0 amide bonds. The smallest absolute Gasteiger partial charge is 0.283 e. The van der Waals surface area contributed by atoms with Crippen molar-refractivity contribution in [2.45, 2.75) is 26.4 Å². The SMILES string of the molecule is Cc1nc2sc3c(c2c(=O)n1/N=C/c1ccccc1)CCN(Cc1ccccc1)C3. The Bertz CT molecular complexity index is 1280. The van der Waals surface area contributed by atoms with E-state index in [0.717, 1.165) is 47.4 Å². The number of thiophene rings is 1. The molecule has 0 radical (unpaired) electrons. The van der Waals surface area contributed by atoms with Crippen LogP contribution in [0.15, 0.2) is 70.6 Å². The molecule has 5 nitrogen and oxygen atoms in total. The summed E-state index contributed by atoms with van der Waals surface area (Å²) in [6.07, 6.45) is 2.58. The second-order valence-electron chi connectivity index (χ2n) is 7.56. The van der Waals surface area contributed by atoms with Crippen LogP contribution in [0.1, 0.15) is 27.4 Å². The molecule has 150 valence electrons. The Morgan fingerprint density at radius 2 is 1.83 bits per heavy atom. The van der Waals surface area contributed by atoms with Crippen molar-refractivity contribution in [1.29, 1.82) is 0 Å². The number of hydrogen-bond donors (Lipinski definition) is 0. The molecule has 2 aromatic carbocycles. The highest BCUT2D eigenvalue weighted by Gasteiger charge is 2.24. The second-order valence-corrected chi connectivity index (χ2v) is 8.65. The van der Waals surface area contributed by atoms with Gasteiger partial charge in [0.25, 0.3) is 5.56 Å². The van der Waals surface area contributed by atoms with Crippen molar-refractivity contribution in [3.63, 3.8) is 0 Å². The van der Waals surface area contributed by atoms with E-state index < -0.39 is 0 Å². The number of nitrogens with zero attached hydrogens (tertiary/aromatic N) is 4. The number of benzene rings is 2. The van der Waals surface area contributed by atoms with Gasteiger partial charge in [-0.15, -0.1) is 11.3 Å². The Kier molecular flexibility index (Phi) is 5.02. The second kappa shape index (κ2) is 7.97. The Balaban J connectivity index is 1.48. The maximum Gasteiger partial charge on any atom is 0.283 e. The third-order valence-corrected chi connectivity index (χ3v) is 6.57. The Labute approximate surface area is 178 Å². The van der Waals surface area contributed by atoms with Crippen LogP contribution in [0.5, 0.6) is 0 Å². The van der Waals surface area contributed by atoms with Gasteiger partial charge in [0.2, 0.25) is 0 Å². The average molecular weight is 415 g/mol. The summed E-state index contributed by atoms with van der Waals surface area (Å²) in [5.74, 6) is 0.611. The minimum atomic E-state index is -0.0707. The van der Waals surface area contributed by atoms with Crippen LogP contribution >= 0.6 is 11.3 Å². The summed E-state index contributed by atoms with van der Waals surface area (Å²) in [7, 11) is 0. The number of aromatic nitrogens is 2. The number of rotatable bonds is 4. The van der Waals surface area contributed by atoms with E-state index >= 15 is 0 Å². The minimum absolute atomic E-state index is 0.0707. The molecule has 4 aromatic rings. The first-order chi connectivity index (χ1) is 14.7. The van der Waals surface area contributed by atoms with Crippen LogP contribution in [0, 0.1) is 6.92 Å². The zero-order chi connectivity index (χ0) is 20.5. The average Bonchev–Trinajstić information content (AvgIpc) is 3.12. The van der Waals surface area contributed by atoms with Crippen LogP contribution in [-0.4, -0.2) is 27.3 Å². The highest BCUT2D eigenvalue weighted by molar-refractivity contribution is 7.18. The van der Waals surface area contributed by atoms with Crippen molar-refractivity contribution >= 4 is 27.8 Å². The molecule has 0 spiro atoms. The van der Waals surface area contributed by atoms with Crippen molar-refractivity contribution in [1.82, 2.24) is 14.6 Å². The fraction of sp³-hybridized carbons (Fsp3) is 0.208. The van der Waals surface area contributed by atoms with E-state index in [1.807, 2.05) is 43.3 Å². The third kappa shape index (κ3) is 3.60. The molecule has 6 heteroatoms. The molecule has 0 fully saturated rings. The quantitative estimate of drug-likeness (QED) is 0.470. The molecule has 0 unspecified atom stereocenters. The fourth-order valence-electron chi connectivity index (χ4n) is 3.96. The monoisotopic (exact) mass is 414 g/mol. The molecule has 3 heterocycles. The van der Waals surface area contributed by atoms with Gasteiger partial charge in [-0.1, -0.05) is 60.7 Å². The zero-order valence-electron chi connectivity index (χ0n) is 16.8. The fourth-order valence-corrected chi connectivity index (χ4v) is 5.26. The molecule has 0 N–H and O–H groups in total. The van der Waals surface area contributed by atoms with Gasteiger partial charge < -0.3 is 0 Å². The van der Waals surface area contributed by atoms with Crippen molar-refractivity contribution in [2.24, 2.45) is 5.10 Å². The Morgan fingerprint density at radius 3 is 2.60 bits per heavy atom. The lowest BCUT2D eigenvalue weighted by molar-refractivity contribution is 0.249. The molecule has 30 heavy (non-hydrogen) atoms. The van der Waals surface area contributed by atoms with Crippen molar-refractivity contribution < 1.29 is 0 Å². The van der Waals surface area contributed by atoms with Gasteiger partial charge in [0, 0.05) is 24.5 Å². The number of aryl methyl sites for hydroxylation is 1. The molecular weight excluding hydrogens is 392 g/mol. The summed E-state index contributed by atoms with van der Waals surface area (Å²) in [4.78, 5) is 22.5. The summed E-state index contributed by atoms with van der Waals surface area (Å²) in [5.41, 5.74) is 3.35. The summed E-state index contributed by atoms with van der Waals surface area (Å²) >= 11 is 1.65. The molecule has 2 aromatic heterocycles. The molecule has 5 rings (SSSR count). The maximum atomic E-state index is 13.3. The van der Waals surface area contributed by atoms with Gasteiger partial charge in [-0.25, -0.2) is 4.98 Å². The van der Waals surface area contributed by atoms with Gasteiger partial charge >= 0.3 is 0 Å². The molecule has 0 bridgehead atoms. The minimum Gasteiger partial charge on any atom is -0.294 e. The van der Waals surface area contributed by atoms with E-state index in [9.17, 15) is 4.79 Å². The van der Waals surface area contributed by atoms with E-state index in [0.29, 0.717) is 5.82 Å². The van der Waals surface area contributed by atoms with E-state index in [4.69, 9.17) is 4.98 Å². The molecular formula is C24H22N4OS. The highest BCUT2D eigenvalue weighted by atomic mass is 32.1. The van der Waals surface area contributed by atoms with Gasteiger partial charge in [-0.2, -0.15) is 9.78 Å². The van der Waals surface area contributed by atoms with E-state index in [1.165, 1.54) is 15.1 Å². The largest absolute Gasteiger partial charge is 0.294 e. The first kappa shape index (κ1) is 18.9. The van der Waals surface area contributed by atoms with E-state index in [1.54, 1.807) is 17.6 Å². The normalized spacial score (nSPS) is 14.4. The molecule has 0 saturated carbocycles. The van der Waals surface area contributed by atoms with Crippen LogP contribution < -0.4 is 5.56 Å². The van der Waals surface area contributed by atoms with Crippen molar-refractivity contribution in [3.8, 4) is 0 Å². The summed E-state index contributed by atoms with van der Waals surface area (Å²) in [6, 6.07) is 20.3. The van der Waals surface area contributed by atoms with Gasteiger partial charge in [0.15, 0.2) is 0 Å². The Hall–Kier alpha value is -3.09. The number of fused-ring (bicyclic) bond motifs is 3. The summed E-state index contributed by atoms with van der Waals surface area (Å²) in [5, 5.41) is 5.18. The van der Waals surface area contributed by atoms with Gasteiger partial charge in [-0.3, -0.25) is 9.69 Å². The number of hydrogen-bond acceptors (Lipinski definition) is 5. The molecule has 1 aliphatic heterocycles. The highest BCUT2D eigenvalue weighted by Crippen LogP contribution is 2.33. The van der Waals surface area contributed by atoms with Crippen molar-refractivity contribution in [2.75, 3.05) is 6.54 Å². The summed E-state index contributed by atoms with van der Waals surface area (Å²) < 4.78 is 1.43. The predicted octanol–water partition coefficient (Wildman–Crippen LogP) is 4.21. The van der Waals surface area contributed by atoms with Crippen LogP contribution in [0.4, 0.5) is 0 Å². The van der Waals surface area contributed by atoms with Crippen LogP contribution in [-0.2, 0) is 19.5 Å². The molecule has 1 aliphatic rings. The molecule has 0 saturated heterocycles. The molecule has 0 atom stereocenters. The standard InChI is InChI=1S/C24H22N4OS/c1-17-26-23-22(24(29)28(17)25-14-18-8-4-2-5-9-18)20-12-13-27(16-21(20)30-23)15-19-10-6-3-7-11-19/h2-11,14H,12-13,15-16H2,1H3/b25-14+. The van der Waals surface area contributed by atoms with Gasteiger partial charge in [0.1, 0.15) is 10.7 Å². The van der Waals surface area contributed by atoms with Gasteiger partial charge in [-0.05, 0) is 30.0 Å². The lowest BCUT2D eigenvalue weighted by atomic mass is 10.0. The lowest BCUT2D eigenvalue weighted by Crippen LogP contribution is -2.30. The van der Waals surface area contributed by atoms with Gasteiger partial charge in [0.05, 0.1) is 11.6 Å². The first-order valence-corrected chi connectivity index (χ1v) is 10.9. The van der Waals surface area contributed by atoms with E-state index in [2.05, 4.69) is 34.3 Å². The van der Waals surface area contributed by atoms with Crippen LogP contribution in [0.3, 0.4) is 0 Å². The topological polar surface area (TPSA) is 50.5 Å². The third-order valence-electron chi connectivity index (χ3n) is 5.46. The van der Waals surface area contributed by atoms with Crippen LogP contribution in [0.2, 0.25) is 0 Å². The Morgan fingerprint density at radius 1 is 1.10 bits per heavy atom. The molecule has 0 aliphatic carbocycles. The lowest BCUT2D eigenvalue weighted by Gasteiger charge is -2.26. The van der Waals surface area contributed by atoms with E-state index in [-0.39, 0.29) is 5.56 Å². The summed E-state index contributed by atoms with van der Waals surface area (Å²) in [6.45, 7) is 4.56. The first-order valence-electron chi connectivity index (χ1n) is 10.1. The predicted molar refractivity (Wildman–Crippen MR) is 122 cm³/mol. The van der Waals surface area contributed by atoms with Crippen molar-refractivity contribution in [3.05, 3.63) is 98.4 Å². The zero-order valence-corrected chi connectivity index (χ0v) is 17.6. The maximum absolute atomic E-state index is 13.3. The van der Waals surface area contributed by atoms with Crippen LogP contribution in [0.25, 0.3) is 10.2 Å².